The summed E-state index contributed by atoms with van der Waals surface area (Å²) >= 11 is 12.5. The Balaban J connectivity index is 1.56. The van der Waals surface area contributed by atoms with Gasteiger partial charge in [-0.15, -0.1) is 0 Å². The van der Waals surface area contributed by atoms with Crippen molar-refractivity contribution >= 4 is 23.2 Å². The molecule has 4 nitrogen and oxygen atoms in total. The van der Waals surface area contributed by atoms with Crippen molar-refractivity contribution in [1.29, 1.82) is 0 Å². The number of hydrogen-bond donors (Lipinski definition) is 1. The molecule has 0 amide bonds. The van der Waals surface area contributed by atoms with Crippen LogP contribution < -0.4 is 0 Å². The number of hydrogen-bond acceptors (Lipinski definition) is 3. The van der Waals surface area contributed by atoms with Crippen LogP contribution in [0.1, 0.15) is 36.7 Å². The highest BCUT2D eigenvalue weighted by Gasteiger charge is 2.28. The van der Waals surface area contributed by atoms with E-state index in [0.29, 0.717) is 10.0 Å². The molecule has 3 heterocycles. The maximum Gasteiger partial charge on any atom is 0.124 e. The molecule has 162 valence electrons. The fourth-order valence-electron chi connectivity index (χ4n) is 4.44. The van der Waals surface area contributed by atoms with E-state index in [-0.39, 0.29) is 6.04 Å². The van der Waals surface area contributed by atoms with Crippen LogP contribution in [0.3, 0.4) is 0 Å². The second-order valence-corrected chi connectivity index (χ2v) is 8.99. The first-order valence-corrected chi connectivity index (χ1v) is 11.7. The molecule has 4 aromatic rings. The van der Waals surface area contributed by atoms with Crippen LogP contribution in [0.25, 0.3) is 22.5 Å². The number of halogens is 2. The third kappa shape index (κ3) is 4.44. The van der Waals surface area contributed by atoms with E-state index in [9.17, 15) is 0 Å². The van der Waals surface area contributed by atoms with Crippen LogP contribution in [0, 0.1) is 0 Å². The molecule has 6 heteroatoms. The number of nitrogens with one attached hydrogen (secondary N) is 1. The van der Waals surface area contributed by atoms with Crippen molar-refractivity contribution < 1.29 is 0 Å². The Kier molecular flexibility index (Phi) is 6.26. The maximum absolute atomic E-state index is 6.34. The minimum Gasteiger partial charge on any atom is -0.340 e. The van der Waals surface area contributed by atoms with Gasteiger partial charge in [0.25, 0.3) is 0 Å². The van der Waals surface area contributed by atoms with Crippen LogP contribution in [0.4, 0.5) is 0 Å². The normalized spacial score (nSPS) is 16.9. The Morgan fingerprint density at radius 1 is 0.906 bits per heavy atom. The van der Waals surface area contributed by atoms with Gasteiger partial charge in [-0.25, -0.2) is 4.98 Å². The molecule has 0 saturated carbocycles. The lowest BCUT2D eigenvalue weighted by atomic mass is 10.0. The highest BCUT2D eigenvalue weighted by Crippen LogP contribution is 2.37. The molecule has 5 rings (SSSR count). The summed E-state index contributed by atoms with van der Waals surface area (Å²) in [6.45, 7) is 1.98. The number of aromatic nitrogens is 3. The van der Waals surface area contributed by atoms with Crippen molar-refractivity contribution in [2.45, 2.75) is 31.8 Å². The molecule has 0 spiro atoms. The van der Waals surface area contributed by atoms with E-state index in [4.69, 9.17) is 28.2 Å². The summed E-state index contributed by atoms with van der Waals surface area (Å²) in [6.07, 6.45) is 7.09. The number of likely N-dealkylation sites (tertiary alicyclic amines) is 1. The van der Waals surface area contributed by atoms with Gasteiger partial charge in [-0.3, -0.25) is 9.88 Å². The van der Waals surface area contributed by atoms with E-state index < -0.39 is 0 Å². The van der Waals surface area contributed by atoms with Crippen LogP contribution in [0.15, 0.2) is 73.1 Å². The topological polar surface area (TPSA) is 44.8 Å². The number of nitrogens with zero attached hydrogens (tertiary/aromatic N) is 3. The molecule has 2 aromatic heterocycles. The van der Waals surface area contributed by atoms with Gasteiger partial charge < -0.3 is 4.98 Å². The van der Waals surface area contributed by atoms with Crippen molar-refractivity contribution in [3.05, 3.63) is 94.5 Å². The molecule has 1 aliphatic heterocycles. The van der Waals surface area contributed by atoms with Gasteiger partial charge in [0.15, 0.2) is 0 Å². The molecule has 1 saturated heterocycles. The summed E-state index contributed by atoms with van der Waals surface area (Å²) in [7, 11) is 0. The first-order valence-electron chi connectivity index (χ1n) is 10.9. The Morgan fingerprint density at radius 2 is 1.72 bits per heavy atom. The number of aromatic amines is 1. The van der Waals surface area contributed by atoms with E-state index in [0.717, 1.165) is 47.8 Å². The van der Waals surface area contributed by atoms with E-state index in [1.165, 1.54) is 18.4 Å². The maximum atomic E-state index is 6.34. The van der Waals surface area contributed by atoms with Crippen LogP contribution in [-0.2, 0) is 6.54 Å². The van der Waals surface area contributed by atoms with Crippen molar-refractivity contribution in [3.8, 4) is 22.5 Å². The smallest absolute Gasteiger partial charge is 0.124 e. The molecule has 1 unspecified atom stereocenters. The van der Waals surface area contributed by atoms with Gasteiger partial charge in [0.05, 0.1) is 27.5 Å². The molecule has 1 atom stereocenters. The minimum atomic E-state index is 0.237. The van der Waals surface area contributed by atoms with Gasteiger partial charge >= 0.3 is 0 Å². The Morgan fingerprint density at radius 3 is 2.50 bits per heavy atom. The first-order chi connectivity index (χ1) is 15.7. The van der Waals surface area contributed by atoms with Gasteiger partial charge in [0.1, 0.15) is 5.82 Å². The van der Waals surface area contributed by atoms with E-state index in [1.807, 2.05) is 30.3 Å². The molecule has 0 radical (unpaired) electrons. The van der Waals surface area contributed by atoms with Crippen molar-refractivity contribution in [3.63, 3.8) is 0 Å². The van der Waals surface area contributed by atoms with Crippen molar-refractivity contribution in [1.82, 2.24) is 19.9 Å². The molecule has 32 heavy (non-hydrogen) atoms. The summed E-state index contributed by atoms with van der Waals surface area (Å²) in [5.74, 6) is 0.994. The Bertz CT molecular complexity index is 1190. The molecule has 1 N–H and O–H groups in total. The fraction of sp³-hybridized carbons (Fsp3) is 0.231. The lowest BCUT2D eigenvalue weighted by Gasteiger charge is -2.34. The number of imidazole rings is 1. The molecule has 0 aliphatic carbocycles. The zero-order valence-electron chi connectivity index (χ0n) is 17.6. The summed E-state index contributed by atoms with van der Waals surface area (Å²) in [5, 5.41) is 1.07. The minimum absolute atomic E-state index is 0.237. The average Bonchev–Trinajstić information content (AvgIpc) is 3.28. The highest BCUT2D eigenvalue weighted by molar-refractivity contribution is 6.42. The lowest BCUT2D eigenvalue weighted by molar-refractivity contribution is 0.134. The van der Waals surface area contributed by atoms with Gasteiger partial charge in [-0.05, 0) is 49.2 Å². The van der Waals surface area contributed by atoms with Gasteiger partial charge in [0, 0.05) is 30.1 Å². The van der Waals surface area contributed by atoms with Crippen LogP contribution in [-0.4, -0.2) is 26.4 Å². The van der Waals surface area contributed by atoms with Crippen LogP contribution in [0.5, 0.6) is 0 Å². The predicted molar refractivity (Wildman–Crippen MR) is 131 cm³/mol. The van der Waals surface area contributed by atoms with E-state index in [1.54, 1.807) is 12.4 Å². The third-order valence-electron chi connectivity index (χ3n) is 6.04. The van der Waals surface area contributed by atoms with Crippen molar-refractivity contribution in [2.24, 2.45) is 0 Å². The average molecular weight is 463 g/mol. The van der Waals surface area contributed by atoms with Gasteiger partial charge in [-0.1, -0.05) is 66.0 Å². The predicted octanol–water partition coefficient (Wildman–Crippen LogP) is 7.17. The number of benzene rings is 2. The van der Waals surface area contributed by atoms with E-state index in [2.05, 4.69) is 45.2 Å². The Labute approximate surface area is 198 Å². The second kappa shape index (κ2) is 9.45. The van der Waals surface area contributed by atoms with Gasteiger partial charge in [-0.2, -0.15) is 0 Å². The third-order valence-corrected chi connectivity index (χ3v) is 6.78. The SMILES string of the molecule is Clc1ccc(-c2nc(C3CCCCN3Cc3ccccc3)[nH]c2-c2ccncc2)cc1Cl. The molecule has 2 aromatic carbocycles. The summed E-state index contributed by atoms with van der Waals surface area (Å²) in [6, 6.07) is 20.6. The summed E-state index contributed by atoms with van der Waals surface area (Å²) < 4.78 is 0. The van der Waals surface area contributed by atoms with E-state index >= 15 is 0 Å². The molecular weight excluding hydrogens is 439 g/mol. The van der Waals surface area contributed by atoms with Crippen LogP contribution in [0.2, 0.25) is 10.0 Å². The monoisotopic (exact) mass is 462 g/mol. The fourth-order valence-corrected chi connectivity index (χ4v) is 4.74. The quantitative estimate of drug-likeness (QED) is 0.341. The number of pyridine rings is 1. The largest absolute Gasteiger partial charge is 0.340 e. The number of piperidine rings is 1. The standard InChI is InChI=1S/C26H24Cl2N4/c27-21-10-9-20(16-22(21)28)25-24(19-11-13-29-14-12-19)30-26(31-25)23-8-4-5-15-32(23)17-18-6-2-1-3-7-18/h1-3,6-7,9-14,16,23H,4-5,8,15,17H2,(H,30,31). The second-order valence-electron chi connectivity index (χ2n) is 8.18. The molecule has 1 fully saturated rings. The lowest BCUT2D eigenvalue weighted by Crippen LogP contribution is -2.33. The Hall–Kier alpha value is -2.66. The highest BCUT2D eigenvalue weighted by atomic mass is 35.5. The zero-order chi connectivity index (χ0) is 21.9. The summed E-state index contributed by atoms with van der Waals surface area (Å²) in [5.41, 5.74) is 5.18. The molecule has 1 aliphatic rings. The van der Waals surface area contributed by atoms with Crippen LogP contribution >= 0.6 is 23.2 Å². The number of rotatable bonds is 5. The zero-order valence-corrected chi connectivity index (χ0v) is 19.2. The van der Waals surface area contributed by atoms with Gasteiger partial charge in [0.2, 0.25) is 0 Å². The summed E-state index contributed by atoms with van der Waals surface area (Å²) in [4.78, 5) is 15.5. The molecular formula is C26H24Cl2N4. The number of H-pyrrole nitrogens is 1. The molecule has 0 bridgehead atoms. The first kappa shape index (κ1) is 21.2. The van der Waals surface area contributed by atoms with Crippen molar-refractivity contribution in [2.75, 3.05) is 6.54 Å².